The Bertz CT molecular complexity index is 777. The topological polar surface area (TPSA) is 130 Å². The van der Waals surface area contributed by atoms with Crippen molar-refractivity contribution in [3.8, 4) is 0 Å². The van der Waals surface area contributed by atoms with Gasteiger partial charge in [-0.3, -0.25) is 9.78 Å². The SMILES string of the molecule is C=CCc1c(C)nc(N)nc1NCc1c[nH]c(=O)[nH]c1=O. The van der Waals surface area contributed by atoms with Crippen molar-refractivity contribution in [2.45, 2.75) is 19.9 Å². The lowest BCUT2D eigenvalue weighted by molar-refractivity contribution is 0.950. The second-order valence-electron chi connectivity index (χ2n) is 4.44. The predicted molar refractivity (Wildman–Crippen MR) is 80.1 cm³/mol. The second-order valence-corrected chi connectivity index (χ2v) is 4.44. The van der Waals surface area contributed by atoms with Crippen molar-refractivity contribution in [2.24, 2.45) is 0 Å². The van der Waals surface area contributed by atoms with Crippen LogP contribution in [0.3, 0.4) is 0 Å². The number of nitrogen functional groups attached to an aromatic ring is 1. The van der Waals surface area contributed by atoms with Crippen LogP contribution in [-0.2, 0) is 13.0 Å². The normalized spacial score (nSPS) is 10.3. The molecule has 2 rings (SSSR count). The van der Waals surface area contributed by atoms with E-state index in [2.05, 4.69) is 31.8 Å². The second kappa shape index (κ2) is 6.04. The largest absolute Gasteiger partial charge is 0.368 e. The molecule has 2 heterocycles. The van der Waals surface area contributed by atoms with Crippen molar-refractivity contribution >= 4 is 11.8 Å². The van der Waals surface area contributed by atoms with Crippen LogP contribution in [0.1, 0.15) is 16.8 Å². The summed E-state index contributed by atoms with van der Waals surface area (Å²) in [6.45, 7) is 5.72. The van der Waals surface area contributed by atoms with Crippen LogP contribution in [0, 0.1) is 6.92 Å². The quantitative estimate of drug-likeness (QED) is 0.577. The summed E-state index contributed by atoms with van der Waals surface area (Å²) in [7, 11) is 0. The lowest BCUT2D eigenvalue weighted by atomic mass is 10.1. The Balaban J connectivity index is 2.28. The Morgan fingerprint density at radius 1 is 1.43 bits per heavy atom. The summed E-state index contributed by atoms with van der Waals surface area (Å²) >= 11 is 0. The number of anilines is 2. The van der Waals surface area contributed by atoms with E-state index < -0.39 is 11.2 Å². The van der Waals surface area contributed by atoms with Crippen LogP contribution in [0.15, 0.2) is 28.4 Å². The van der Waals surface area contributed by atoms with Gasteiger partial charge in [-0.1, -0.05) is 6.08 Å². The summed E-state index contributed by atoms with van der Waals surface area (Å²) in [5, 5.41) is 3.04. The van der Waals surface area contributed by atoms with Gasteiger partial charge >= 0.3 is 5.69 Å². The highest BCUT2D eigenvalue weighted by Crippen LogP contribution is 2.18. The zero-order valence-corrected chi connectivity index (χ0v) is 11.6. The van der Waals surface area contributed by atoms with Gasteiger partial charge < -0.3 is 16.0 Å². The molecule has 0 aromatic carbocycles. The molecule has 0 unspecified atom stereocenters. The number of hydrogen-bond donors (Lipinski definition) is 4. The fourth-order valence-electron chi connectivity index (χ4n) is 1.90. The van der Waals surface area contributed by atoms with Crippen molar-refractivity contribution in [3.05, 3.63) is 56.5 Å². The molecule has 0 saturated carbocycles. The van der Waals surface area contributed by atoms with Gasteiger partial charge in [0.25, 0.3) is 5.56 Å². The summed E-state index contributed by atoms with van der Waals surface area (Å²) in [6.07, 6.45) is 3.68. The van der Waals surface area contributed by atoms with E-state index in [9.17, 15) is 9.59 Å². The third-order valence-electron chi connectivity index (χ3n) is 2.92. The lowest BCUT2D eigenvalue weighted by Gasteiger charge is -2.12. The molecule has 8 nitrogen and oxygen atoms in total. The maximum Gasteiger partial charge on any atom is 0.325 e. The summed E-state index contributed by atoms with van der Waals surface area (Å²) in [5.41, 5.74) is 6.64. The summed E-state index contributed by atoms with van der Waals surface area (Å²) in [6, 6.07) is 0. The minimum Gasteiger partial charge on any atom is -0.368 e. The molecule has 0 amide bonds. The zero-order chi connectivity index (χ0) is 15.4. The van der Waals surface area contributed by atoms with Crippen LogP contribution in [0.25, 0.3) is 0 Å². The molecule has 2 aromatic heterocycles. The number of H-pyrrole nitrogens is 2. The molecule has 0 aliphatic rings. The Morgan fingerprint density at radius 3 is 2.86 bits per heavy atom. The third-order valence-corrected chi connectivity index (χ3v) is 2.92. The van der Waals surface area contributed by atoms with Crippen LogP contribution in [0.5, 0.6) is 0 Å². The van der Waals surface area contributed by atoms with E-state index in [1.807, 2.05) is 6.92 Å². The van der Waals surface area contributed by atoms with Crippen LogP contribution >= 0.6 is 0 Å². The van der Waals surface area contributed by atoms with Gasteiger partial charge in [-0.15, -0.1) is 6.58 Å². The van der Waals surface area contributed by atoms with E-state index in [1.165, 1.54) is 6.20 Å². The number of aromatic amines is 2. The number of aromatic nitrogens is 4. The molecular weight excluding hydrogens is 272 g/mol. The summed E-state index contributed by atoms with van der Waals surface area (Å²) in [4.78, 5) is 35.4. The third kappa shape index (κ3) is 3.35. The van der Waals surface area contributed by atoms with E-state index in [4.69, 9.17) is 5.73 Å². The first-order valence-electron chi connectivity index (χ1n) is 6.30. The minimum atomic E-state index is -0.543. The lowest BCUT2D eigenvalue weighted by Crippen LogP contribution is -2.26. The van der Waals surface area contributed by atoms with Crippen molar-refractivity contribution in [2.75, 3.05) is 11.1 Å². The standard InChI is InChI=1S/C13H16N6O2/c1-3-4-9-7(2)17-12(14)18-10(9)15-5-8-6-16-13(21)19-11(8)20/h3,6H,1,4-5H2,2H3,(H3,14,15,17,18)(H2,16,19,20,21). The Kier molecular flexibility index (Phi) is 4.17. The maximum atomic E-state index is 11.6. The number of nitrogens with one attached hydrogen (secondary N) is 3. The molecule has 8 heteroatoms. The molecule has 0 aliphatic carbocycles. The maximum absolute atomic E-state index is 11.6. The molecule has 0 spiro atoms. The van der Waals surface area contributed by atoms with E-state index in [0.717, 1.165) is 11.3 Å². The number of nitrogens with two attached hydrogens (primary N) is 1. The molecule has 2 aromatic rings. The van der Waals surface area contributed by atoms with Crippen LogP contribution in [0.4, 0.5) is 11.8 Å². The molecule has 0 aliphatic heterocycles. The molecule has 0 saturated heterocycles. The van der Waals surface area contributed by atoms with Crippen LogP contribution in [0.2, 0.25) is 0 Å². The zero-order valence-electron chi connectivity index (χ0n) is 11.6. The fraction of sp³-hybridized carbons (Fsp3) is 0.231. The molecule has 21 heavy (non-hydrogen) atoms. The van der Waals surface area contributed by atoms with Gasteiger partial charge in [0.2, 0.25) is 5.95 Å². The van der Waals surface area contributed by atoms with Gasteiger partial charge in [-0.05, 0) is 13.3 Å². The number of hydrogen-bond acceptors (Lipinski definition) is 6. The number of rotatable bonds is 5. The highest BCUT2D eigenvalue weighted by Gasteiger charge is 2.10. The van der Waals surface area contributed by atoms with E-state index >= 15 is 0 Å². The van der Waals surface area contributed by atoms with E-state index in [1.54, 1.807) is 6.08 Å². The van der Waals surface area contributed by atoms with Crippen molar-refractivity contribution in [1.29, 1.82) is 0 Å². The van der Waals surface area contributed by atoms with Gasteiger partial charge in [0.05, 0.1) is 5.56 Å². The molecule has 110 valence electrons. The van der Waals surface area contributed by atoms with Crippen molar-refractivity contribution in [1.82, 2.24) is 19.9 Å². The molecule has 0 bridgehead atoms. The average molecular weight is 288 g/mol. The van der Waals surface area contributed by atoms with Gasteiger partial charge in [0, 0.05) is 24.0 Å². The fourth-order valence-corrected chi connectivity index (χ4v) is 1.90. The number of allylic oxidation sites excluding steroid dienone is 1. The first-order valence-corrected chi connectivity index (χ1v) is 6.30. The Labute approximate surface area is 120 Å². The highest BCUT2D eigenvalue weighted by molar-refractivity contribution is 5.50. The van der Waals surface area contributed by atoms with Crippen LogP contribution in [-0.4, -0.2) is 19.9 Å². The van der Waals surface area contributed by atoms with E-state index in [-0.39, 0.29) is 12.5 Å². The van der Waals surface area contributed by atoms with E-state index in [0.29, 0.717) is 17.8 Å². The van der Waals surface area contributed by atoms with Gasteiger partial charge in [0.1, 0.15) is 5.82 Å². The van der Waals surface area contributed by atoms with Crippen molar-refractivity contribution < 1.29 is 0 Å². The number of nitrogens with zero attached hydrogens (tertiary/aromatic N) is 2. The minimum absolute atomic E-state index is 0.151. The molecule has 0 radical (unpaired) electrons. The number of aryl methyl sites for hydroxylation is 1. The predicted octanol–water partition coefficient (Wildman–Crippen LogP) is 0.0844. The first kappa shape index (κ1) is 14.5. The highest BCUT2D eigenvalue weighted by atomic mass is 16.2. The first-order chi connectivity index (χ1) is 10.0. The van der Waals surface area contributed by atoms with Crippen LogP contribution < -0.4 is 22.3 Å². The van der Waals surface area contributed by atoms with Crippen molar-refractivity contribution in [3.63, 3.8) is 0 Å². The average Bonchev–Trinajstić information content (AvgIpc) is 2.41. The Morgan fingerprint density at radius 2 is 2.19 bits per heavy atom. The summed E-state index contributed by atoms with van der Waals surface area (Å²) < 4.78 is 0. The van der Waals surface area contributed by atoms with Gasteiger partial charge in [0.15, 0.2) is 0 Å². The molecule has 0 atom stereocenters. The van der Waals surface area contributed by atoms with Gasteiger partial charge in [-0.2, -0.15) is 4.98 Å². The Hall–Kier alpha value is -2.90. The molecular formula is C13H16N6O2. The summed E-state index contributed by atoms with van der Waals surface area (Å²) in [5.74, 6) is 0.698. The van der Waals surface area contributed by atoms with Gasteiger partial charge in [-0.25, -0.2) is 9.78 Å². The molecule has 5 N–H and O–H groups in total. The smallest absolute Gasteiger partial charge is 0.325 e. The monoisotopic (exact) mass is 288 g/mol. The molecule has 0 fully saturated rings.